The van der Waals surface area contributed by atoms with Crippen LogP contribution < -0.4 is 9.47 Å². The monoisotopic (exact) mass is 837 g/mol. The molecule has 2 aromatic rings. The van der Waals surface area contributed by atoms with Crippen molar-refractivity contribution in [2.75, 3.05) is 0 Å². The predicted molar refractivity (Wildman–Crippen MR) is 125 cm³/mol. The summed E-state index contributed by atoms with van der Waals surface area (Å²) in [6.07, 6.45) is -0.549. The van der Waals surface area contributed by atoms with Gasteiger partial charge in [0.2, 0.25) is 6.29 Å². The smallest absolute Gasteiger partial charge is 0.238 e. The molecule has 0 unspecified atom stereocenters. The minimum absolute atomic E-state index is 0.549. The lowest BCUT2D eigenvalue weighted by Crippen LogP contribution is -2.20. The number of hydrogen-bond donors (Lipinski definition) is 0. The van der Waals surface area contributed by atoms with Crippen molar-refractivity contribution in [1.82, 2.24) is 0 Å². The molecule has 0 aliphatic carbocycles. The molecule has 0 aliphatic heterocycles. The van der Waals surface area contributed by atoms with Gasteiger partial charge in [0.15, 0.2) is 11.5 Å². The van der Waals surface area contributed by atoms with Crippen LogP contribution in [-0.4, -0.2) is 6.29 Å². The summed E-state index contributed by atoms with van der Waals surface area (Å²) in [7, 11) is 0. The Balaban J connectivity index is 2.32. The average molecular weight is 845 g/mol. The topological polar surface area (TPSA) is 18.5 Å². The molecule has 2 rings (SSSR count). The third-order valence-electron chi connectivity index (χ3n) is 2.71. The first kappa shape index (κ1) is 22.2. The van der Waals surface area contributed by atoms with Crippen LogP contribution in [0.15, 0.2) is 47.9 Å². The Morgan fingerprint density at radius 2 is 0.833 bits per heavy atom. The summed E-state index contributed by atoms with van der Waals surface area (Å²) in [6.45, 7) is 1.82. The zero-order valence-electron chi connectivity index (χ0n) is 11.6. The predicted octanol–water partition coefficient (Wildman–Crippen LogP) is 9.59. The van der Waals surface area contributed by atoms with Crippen molar-refractivity contribution in [2.45, 2.75) is 13.2 Å². The maximum atomic E-state index is 5.98. The van der Waals surface area contributed by atoms with Crippen LogP contribution in [-0.2, 0) is 0 Å². The molecule has 0 aliphatic rings. The van der Waals surface area contributed by atoms with E-state index in [-0.39, 0.29) is 0 Å². The summed E-state index contributed by atoms with van der Waals surface area (Å²) in [6, 6.07) is 3.84. The van der Waals surface area contributed by atoms with Crippen LogP contribution in [0.4, 0.5) is 0 Å². The van der Waals surface area contributed by atoms with Gasteiger partial charge in [-0.3, -0.25) is 0 Å². The minimum atomic E-state index is -0.549. The molecule has 0 bridgehead atoms. The summed E-state index contributed by atoms with van der Waals surface area (Å²) in [5.41, 5.74) is 0. The van der Waals surface area contributed by atoms with Crippen LogP contribution in [0.1, 0.15) is 6.92 Å². The molecule has 130 valence electrons. The second-order valence-corrected chi connectivity index (χ2v) is 11.0. The molecule has 24 heavy (non-hydrogen) atoms. The number of benzene rings is 2. The Morgan fingerprint density at radius 1 is 0.583 bits per heavy atom. The molecule has 0 aromatic heterocycles. The fraction of sp³-hybridized carbons (Fsp3) is 0.143. The van der Waals surface area contributed by atoms with Crippen LogP contribution >= 0.6 is 127 Å². The second kappa shape index (κ2) is 9.39. The van der Waals surface area contributed by atoms with Gasteiger partial charge in [-0.25, -0.2) is 0 Å². The normalized spacial score (nSPS) is 11.1. The Bertz CT molecular complexity index is 675. The molecule has 0 fully saturated rings. The van der Waals surface area contributed by atoms with Crippen molar-refractivity contribution >= 4 is 127 Å². The fourth-order valence-corrected chi connectivity index (χ4v) is 6.07. The molecule has 10 heteroatoms. The standard InChI is InChI=1S/C14H6Br8O2/c1-4(23-13-9(19)5(15)2-6(16)10(13)20)24-14-11(21)7(17)3-8(18)12(14)22/h2-4H,1H3. The molecule has 0 N–H and O–H groups in total. The molecule has 0 amide bonds. The van der Waals surface area contributed by atoms with Gasteiger partial charge in [0.05, 0.1) is 17.9 Å². The van der Waals surface area contributed by atoms with Crippen molar-refractivity contribution in [3.8, 4) is 11.5 Å². The van der Waals surface area contributed by atoms with Gasteiger partial charge in [0.25, 0.3) is 0 Å². The zero-order valence-corrected chi connectivity index (χ0v) is 24.3. The van der Waals surface area contributed by atoms with Gasteiger partial charge in [-0.1, -0.05) is 0 Å². The maximum Gasteiger partial charge on any atom is 0.238 e. The van der Waals surface area contributed by atoms with Gasteiger partial charge in [0.1, 0.15) is 0 Å². The first-order chi connectivity index (χ1) is 11.1. The second-order valence-electron chi connectivity index (χ2n) is 4.40. The third kappa shape index (κ3) is 5.02. The number of halogens is 8. The molecule has 2 aromatic carbocycles. The van der Waals surface area contributed by atoms with E-state index < -0.39 is 6.29 Å². The number of rotatable bonds is 4. The summed E-state index contributed by atoms with van der Waals surface area (Å²) in [5, 5.41) is 0. The molecule has 0 heterocycles. The number of ether oxygens (including phenoxy) is 2. The highest BCUT2D eigenvalue weighted by atomic mass is 79.9. The molecule has 0 saturated heterocycles. The van der Waals surface area contributed by atoms with Gasteiger partial charge in [-0.15, -0.1) is 0 Å². The summed E-state index contributed by atoms with van der Waals surface area (Å²) in [5.74, 6) is 1.26. The van der Waals surface area contributed by atoms with E-state index in [1.54, 1.807) is 0 Å². The quantitative estimate of drug-likeness (QED) is 0.226. The van der Waals surface area contributed by atoms with Crippen molar-refractivity contribution in [2.24, 2.45) is 0 Å². The van der Waals surface area contributed by atoms with Crippen LogP contribution in [0.2, 0.25) is 0 Å². The molecule has 2 nitrogen and oxygen atoms in total. The summed E-state index contributed by atoms with van der Waals surface area (Å²) >= 11 is 28.0. The third-order valence-corrected chi connectivity index (χ3v) is 10.5. The van der Waals surface area contributed by atoms with Crippen LogP contribution in [0.3, 0.4) is 0 Å². The SMILES string of the molecule is CC(Oc1c(Br)c(Br)cc(Br)c1Br)Oc1c(Br)c(Br)cc(Br)c1Br. The van der Waals surface area contributed by atoms with E-state index >= 15 is 0 Å². The average Bonchev–Trinajstić information content (AvgIpc) is 2.52. The zero-order chi connectivity index (χ0) is 18.2. The Morgan fingerprint density at radius 3 is 1.08 bits per heavy atom. The Labute approximate surface area is 206 Å². The van der Waals surface area contributed by atoms with Crippen molar-refractivity contribution in [1.29, 1.82) is 0 Å². The summed E-state index contributed by atoms with van der Waals surface area (Å²) in [4.78, 5) is 0. The largest absolute Gasteiger partial charge is 0.453 e. The fourth-order valence-electron chi connectivity index (χ4n) is 1.67. The van der Waals surface area contributed by atoms with Crippen LogP contribution in [0.5, 0.6) is 11.5 Å². The lowest BCUT2D eigenvalue weighted by Gasteiger charge is -2.21. The van der Waals surface area contributed by atoms with Gasteiger partial charge >= 0.3 is 0 Å². The molecule has 0 radical (unpaired) electrons. The van der Waals surface area contributed by atoms with Crippen molar-refractivity contribution in [3.63, 3.8) is 0 Å². The van der Waals surface area contributed by atoms with Gasteiger partial charge in [-0.2, -0.15) is 0 Å². The molecule has 0 atom stereocenters. The number of hydrogen-bond acceptors (Lipinski definition) is 2. The van der Waals surface area contributed by atoms with Gasteiger partial charge in [-0.05, 0) is 140 Å². The van der Waals surface area contributed by atoms with E-state index in [0.29, 0.717) is 11.5 Å². The highest BCUT2D eigenvalue weighted by Crippen LogP contribution is 2.46. The Hall–Kier alpha value is 1.88. The first-order valence-electron chi connectivity index (χ1n) is 6.12. The maximum absolute atomic E-state index is 5.98. The van der Waals surface area contributed by atoms with E-state index in [4.69, 9.17) is 9.47 Å². The van der Waals surface area contributed by atoms with Crippen LogP contribution in [0.25, 0.3) is 0 Å². The van der Waals surface area contributed by atoms with Crippen molar-refractivity contribution < 1.29 is 9.47 Å². The van der Waals surface area contributed by atoms with Crippen molar-refractivity contribution in [3.05, 3.63) is 47.9 Å². The molecular formula is C14H6Br8O2. The first-order valence-corrected chi connectivity index (χ1v) is 12.5. The van der Waals surface area contributed by atoms with Gasteiger partial charge in [0, 0.05) is 24.8 Å². The van der Waals surface area contributed by atoms with E-state index in [9.17, 15) is 0 Å². The Kier molecular flexibility index (Phi) is 8.67. The van der Waals surface area contributed by atoms with Crippen LogP contribution in [0, 0.1) is 0 Å². The van der Waals surface area contributed by atoms with E-state index in [1.165, 1.54) is 0 Å². The van der Waals surface area contributed by atoms with E-state index in [1.807, 2.05) is 19.1 Å². The van der Waals surface area contributed by atoms with E-state index in [0.717, 1.165) is 35.8 Å². The molecule has 0 spiro atoms. The van der Waals surface area contributed by atoms with Gasteiger partial charge < -0.3 is 9.47 Å². The summed E-state index contributed by atoms with van der Waals surface area (Å²) < 4.78 is 18.6. The lowest BCUT2D eigenvalue weighted by atomic mass is 10.3. The highest BCUT2D eigenvalue weighted by molar-refractivity contribution is 9.14. The molecular weight excluding hydrogens is 839 g/mol. The highest BCUT2D eigenvalue weighted by Gasteiger charge is 2.20. The van der Waals surface area contributed by atoms with E-state index in [2.05, 4.69) is 127 Å². The lowest BCUT2D eigenvalue weighted by molar-refractivity contribution is 0.0196. The molecule has 0 saturated carbocycles. The minimum Gasteiger partial charge on any atom is -0.453 e.